The van der Waals surface area contributed by atoms with E-state index in [2.05, 4.69) is 4.72 Å². The van der Waals surface area contributed by atoms with Crippen LogP contribution in [0.1, 0.15) is 24.8 Å². The number of nitrogens with zero attached hydrogens (tertiary/aromatic N) is 1. The van der Waals surface area contributed by atoms with Crippen LogP contribution in [0.4, 0.5) is 11.4 Å². The molecule has 2 aromatic rings. The van der Waals surface area contributed by atoms with Gasteiger partial charge in [-0.2, -0.15) is 0 Å². The Kier molecular flexibility index (Phi) is 5.01. The summed E-state index contributed by atoms with van der Waals surface area (Å²) in [6, 6.07) is 11.4. The molecule has 3 rings (SSSR count). The number of carbonyl (C=O) groups excluding carboxylic acids is 1. The van der Waals surface area contributed by atoms with E-state index in [4.69, 9.17) is 11.6 Å². The lowest BCUT2D eigenvalue weighted by molar-refractivity contribution is -0.119. The lowest BCUT2D eigenvalue weighted by atomic mass is 10.1. The molecule has 0 bridgehead atoms. The van der Waals surface area contributed by atoms with Crippen LogP contribution in [-0.4, -0.2) is 20.9 Å². The number of amides is 1. The minimum Gasteiger partial charge on any atom is -0.312 e. The fraction of sp³-hybridized carbons (Fsp3) is 0.278. The first-order valence-corrected chi connectivity index (χ1v) is 9.93. The van der Waals surface area contributed by atoms with Gasteiger partial charge in [0.15, 0.2) is 0 Å². The third kappa shape index (κ3) is 3.80. The molecule has 1 aliphatic rings. The van der Waals surface area contributed by atoms with Crippen molar-refractivity contribution in [2.24, 2.45) is 0 Å². The van der Waals surface area contributed by atoms with Crippen LogP contribution in [0.25, 0.3) is 0 Å². The van der Waals surface area contributed by atoms with E-state index in [1.54, 1.807) is 42.2 Å². The quantitative estimate of drug-likeness (QED) is 0.875. The maximum Gasteiger partial charge on any atom is 0.261 e. The second-order valence-electron chi connectivity index (χ2n) is 6.01. The van der Waals surface area contributed by atoms with Gasteiger partial charge < -0.3 is 4.90 Å². The third-order valence-corrected chi connectivity index (χ3v) is 6.08. The minimum atomic E-state index is -3.73. The van der Waals surface area contributed by atoms with E-state index >= 15 is 0 Å². The number of rotatable bonds is 4. The number of hydrogen-bond acceptors (Lipinski definition) is 3. The molecule has 0 spiro atoms. The molecule has 1 aliphatic heterocycles. The molecule has 2 aromatic carbocycles. The summed E-state index contributed by atoms with van der Waals surface area (Å²) >= 11 is 6.04. The first-order chi connectivity index (χ1) is 11.9. The topological polar surface area (TPSA) is 66.5 Å². The number of halogens is 1. The van der Waals surface area contributed by atoms with Crippen molar-refractivity contribution in [3.8, 4) is 0 Å². The summed E-state index contributed by atoms with van der Waals surface area (Å²) < 4.78 is 27.7. The molecule has 0 saturated carbocycles. The van der Waals surface area contributed by atoms with Gasteiger partial charge >= 0.3 is 0 Å². The number of benzene rings is 2. The molecule has 0 radical (unpaired) electrons. The highest BCUT2D eigenvalue weighted by molar-refractivity contribution is 7.92. The van der Waals surface area contributed by atoms with Crippen LogP contribution < -0.4 is 9.62 Å². The van der Waals surface area contributed by atoms with E-state index in [0.29, 0.717) is 29.2 Å². The highest BCUT2D eigenvalue weighted by Crippen LogP contribution is 2.27. The normalized spacial score (nSPS) is 15.3. The Hall–Kier alpha value is -2.05. The number of piperidine rings is 1. The number of nitrogens with one attached hydrogen (secondary N) is 1. The monoisotopic (exact) mass is 378 g/mol. The molecule has 0 atom stereocenters. The van der Waals surface area contributed by atoms with Gasteiger partial charge in [0.25, 0.3) is 10.0 Å². The molecule has 132 valence electrons. The van der Waals surface area contributed by atoms with Crippen molar-refractivity contribution in [1.82, 2.24) is 0 Å². The SMILES string of the molecule is Cc1c(Cl)cccc1NS(=O)(=O)c1ccc(N2CCCCC2=O)cc1. The van der Waals surface area contributed by atoms with Crippen LogP contribution in [0.15, 0.2) is 47.4 Å². The van der Waals surface area contributed by atoms with E-state index < -0.39 is 10.0 Å². The number of anilines is 2. The second kappa shape index (κ2) is 7.06. The smallest absolute Gasteiger partial charge is 0.261 e. The van der Waals surface area contributed by atoms with Crippen LogP contribution in [0.3, 0.4) is 0 Å². The van der Waals surface area contributed by atoms with Gasteiger partial charge in [0.2, 0.25) is 5.91 Å². The number of sulfonamides is 1. The standard InChI is InChI=1S/C18H19ClN2O3S/c1-13-16(19)5-4-6-17(13)20-25(23,24)15-10-8-14(9-11-15)21-12-3-2-7-18(21)22/h4-6,8-11,20H,2-3,7,12H2,1H3. The molecular weight excluding hydrogens is 360 g/mol. The van der Waals surface area contributed by atoms with E-state index in [1.807, 2.05) is 0 Å². The summed E-state index contributed by atoms with van der Waals surface area (Å²) in [5.74, 6) is 0.0783. The molecule has 1 heterocycles. The Morgan fingerprint density at radius 3 is 2.48 bits per heavy atom. The first-order valence-electron chi connectivity index (χ1n) is 8.07. The maximum atomic E-state index is 12.6. The van der Waals surface area contributed by atoms with Crippen molar-refractivity contribution in [2.45, 2.75) is 31.1 Å². The molecule has 1 N–H and O–H groups in total. The van der Waals surface area contributed by atoms with Crippen molar-refractivity contribution in [3.63, 3.8) is 0 Å². The van der Waals surface area contributed by atoms with Gasteiger partial charge in [0.1, 0.15) is 0 Å². The van der Waals surface area contributed by atoms with Gasteiger partial charge in [0.05, 0.1) is 10.6 Å². The van der Waals surface area contributed by atoms with Crippen molar-refractivity contribution in [2.75, 3.05) is 16.2 Å². The zero-order valence-corrected chi connectivity index (χ0v) is 15.4. The molecule has 0 unspecified atom stereocenters. The molecule has 25 heavy (non-hydrogen) atoms. The van der Waals surface area contributed by atoms with Crippen LogP contribution in [0.2, 0.25) is 5.02 Å². The van der Waals surface area contributed by atoms with Crippen molar-refractivity contribution < 1.29 is 13.2 Å². The predicted molar refractivity (Wildman–Crippen MR) is 99.6 cm³/mol. The fourth-order valence-corrected chi connectivity index (χ4v) is 4.10. The summed E-state index contributed by atoms with van der Waals surface area (Å²) in [5, 5.41) is 0.499. The lowest BCUT2D eigenvalue weighted by Gasteiger charge is -2.26. The molecule has 1 fully saturated rings. The van der Waals surface area contributed by atoms with Gasteiger partial charge in [-0.05, 0) is 61.7 Å². The Morgan fingerprint density at radius 1 is 1.08 bits per heavy atom. The molecule has 0 aromatic heterocycles. The summed E-state index contributed by atoms with van der Waals surface area (Å²) in [4.78, 5) is 13.8. The Bertz CT molecular complexity index is 895. The van der Waals surface area contributed by atoms with Crippen LogP contribution in [-0.2, 0) is 14.8 Å². The van der Waals surface area contributed by atoms with Crippen molar-refractivity contribution in [1.29, 1.82) is 0 Å². The van der Waals surface area contributed by atoms with E-state index in [0.717, 1.165) is 18.5 Å². The van der Waals surface area contributed by atoms with Crippen molar-refractivity contribution in [3.05, 3.63) is 53.1 Å². The average molecular weight is 379 g/mol. The highest BCUT2D eigenvalue weighted by atomic mass is 35.5. The fourth-order valence-electron chi connectivity index (χ4n) is 2.81. The molecule has 1 amide bonds. The zero-order chi connectivity index (χ0) is 18.0. The Morgan fingerprint density at radius 2 is 1.80 bits per heavy atom. The summed E-state index contributed by atoms with van der Waals surface area (Å²) in [7, 11) is -3.73. The summed E-state index contributed by atoms with van der Waals surface area (Å²) in [6.45, 7) is 2.43. The molecular formula is C18H19ClN2O3S. The first kappa shape index (κ1) is 17.8. The number of carbonyl (C=O) groups is 1. The average Bonchev–Trinajstić information content (AvgIpc) is 2.59. The van der Waals surface area contributed by atoms with E-state index in [-0.39, 0.29) is 10.8 Å². The van der Waals surface area contributed by atoms with Gasteiger partial charge in [-0.1, -0.05) is 17.7 Å². The second-order valence-corrected chi connectivity index (χ2v) is 8.10. The van der Waals surface area contributed by atoms with Gasteiger partial charge in [-0.15, -0.1) is 0 Å². The van der Waals surface area contributed by atoms with Crippen molar-refractivity contribution >= 4 is 38.9 Å². The van der Waals surface area contributed by atoms with Crippen LogP contribution in [0.5, 0.6) is 0 Å². The summed E-state index contributed by atoms with van der Waals surface area (Å²) in [5.41, 5.74) is 1.84. The highest BCUT2D eigenvalue weighted by Gasteiger charge is 2.21. The summed E-state index contributed by atoms with van der Waals surface area (Å²) in [6.07, 6.45) is 2.40. The Balaban J connectivity index is 1.83. The van der Waals surface area contributed by atoms with E-state index in [1.165, 1.54) is 12.1 Å². The van der Waals surface area contributed by atoms with Gasteiger partial charge in [-0.3, -0.25) is 9.52 Å². The number of hydrogen-bond donors (Lipinski definition) is 1. The van der Waals surface area contributed by atoms with Gasteiger partial charge in [-0.25, -0.2) is 8.42 Å². The van der Waals surface area contributed by atoms with Crippen LogP contribution >= 0.6 is 11.6 Å². The maximum absolute atomic E-state index is 12.6. The molecule has 1 saturated heterocycles. The van der Waals surface area contributed by atoms with Crippen LogP contribution in [0, 0.1) is 6.92 Å². The van der Waals surface area contributed by atoms with Gasteiger partial charge in [0, 0.05) is 23.7 Å². The zero-order valence-electron chi connectivity index (χ0n) is 13.8. The molecule has 0 aliphatic carbocycles. The molecule has 7 heteroatoms. The molecule has 5 nitrogen and oxygen atoms in total. The minimum absolute atomic E-state index is 0.0783. The lowest BCUT2D eigenvalue weighted by Crippen LogP contribution is -2.35. The Labute approximate surface area is 152 Å². The van der Waals surface area contributed by atoms with E-state index in [9.17, 15) is 13.2 Å². The predicted octanol–water partition coefficient (Wildman–Crippen LogP) is 3.97. The largest absolute Gasteiger partial charge is 0.312 e. The third-order valence-electron chi connectivity index (χ3n) is 4.29.